The number of nitrogens with one attached hydrogen (secondary N) is 2. The number of rotatable bonds is 7. The molecule has 1 aliphatic heterocycles. The van der Waals surface area contributed by atoms with Gasteiger partial charge in [0, 0.05) is 30.8 Å². The average molecular weight is 460 g/mol. The van der Waals surface area contributed by atoms with Gasteiger partial charge in [0.25, 0.3) is 0 Å². The van der Waals surface area contributed by atoms with E-state index >= 15 is 0 Å². The van der Waals surface area contributed by atoms with Gasteiger partial charge >= 0.3 is 0 Å². The van der Waals surface area contributed by atoms with E-state index in [0.29, 0.717) is 24.3 Å². The number of amides is 2. The van der Waals surface area contributed by atoms with E-state index in [-0.39, 0.29) is 35.7 Å². The maximum atomic E-state index is 12.8. The van der Waals surface area contributed by atoms with Gasteiger partial charge in [0.2, 0.25) is 21.8 Å². The first-order valence-corrected chi connectivity index (χ1v) is 12.0. The molecule has 0 unspecified atom stereocenters. The highest BCUT2D eigenvalue weighted by molar-refractivity contribution is 7.89. The number of carbonyl (C=O) groups excluding carboxylic acids is 2. The number of sulfonamides is 1. The Morgan fingerprint density at radius 2 is 1.75 bits per heavy atom. The van der Waals surface area contributed by atoms with Crippen molar-refractivity contribution in [2.45, 2.75) is 37.6 Å². The molecule has 1 saturated heterocycles. The van der Waals surface area contributed by atoms with Gasteiger partial charge in [-0.15, -0.1) is 0 Å². The average Bonchev–Trinajstić information content (AvgIpc) is 2.79. The number of methoxy groups -OCH3 is 1. The normalized spacial score (nSPS) is 16.2. The van der Waals surface area contributed by atoms with Crippen LogP contribution in [0.2, 0.25) is 0 Å². The minimum absolute atomic E-state index is 0.245. The molecule has 8 nitrogen and oxygen atoms in total. The lowest BCUT2D eigenvalue weighted by atomic mass is 9.97. The van der Waals surface area contributed by atoms with Crippen LogP contribution in [-0.4, -0.2) is 50.8 Å². The zero-order chi connectivity index (χ0) is 23.3. The minimum atomic E-state index is -3.58. The van der Waals surface area contributed by atoms with Crippen molar-refractivity contribution in [2.24, 2.45) is 5.92 Å². The van der Waals surface area contributed by atoms with Crippen LogP contribution in [0.25, 0.3) is 0 Å². The quantitative estimate of drug-likeness (QED) is 0.662. The van der Waals surface area contributed by atoms with Crippen LogP contribution in [0, 0.1) is 12.8 Å². The van der Waals surface area contributed by atoms with Crippen molar-refractivity contribution in [1.29, 1.82) is 0 Å². The monoisotopic (exact) mass is 459 g/mol. The van der Waals surface area contributed by atoms with Crippen LogP contribution in [-0.2, 0) is 19.6 Å². The summed E-state index contributed by atoms with van der Waals surface area (Å²) in [5, 5.41) is 5.49. The summed E-state index contributed by atoms with van der Waals surface area (Å²) in [5.74, 6) is -0.310. The van der Waals surface area contributed by atoms with E-state index in [1.54, 1.807) is 62.6 Å². The molecule has 0 aromatic heterocycles. The summed E-state index contributed by atoms with van der Waals surface area (Å²) in [6.45, 7) is 4.04. The van der Waals surface area contributed by atoms with Crippen molar-refractivity contribution in [3.63, 3.8) is 0 Å². The third kappa shape index (κ3) is 5.66. The van der Waals surface area contributed by atoms with E-state index in [1.807, 2.05) is 6.92 Å². The van der Waals surface area contributed by atoms with Crippen molar-refractivity contribution in [3.8, 4) is 5.75 Å². The molecular formula is C23H29N3O5S. The summed E-state index contributed by atoms with van der Waals surface area (Å²) in [6, 6.07) is 13.0. The fourth-order valence-corrected chi connectivity index (χ4v) is 5.04. The van der Waals surface area contributed by atoms with Gasteiger partial charge in [-0.3, -0.25) is 9.59 Å². The van der Waals surface area contributed by atoms with Crippen LogP contribution in [0.4, 0.5) is 5.69 Å². The first-order chi connectivity index (χ1) is 15.2. The maximum Gasteiger partial charge on any atom is 0.246 e. The molecule has 0 bridgehead atoms. The fourth-order valence-electron chi connectivity index (χ4n) is 3.57. The lowest BCUT2D eigenvalue weighted by Crippen LogP contribution is -2.47. The van der Waals surface area contributed by atoms with Crippen LogP contribution >= 0.6 is 0 Å². The van der Waals surface area contributed by atoms with Gasteiger partial charge in [-0.2, -0.15) is 4.31 Å². The molecule has 2 amide bonds. The molecule has 172 valence electrons. The SMILES string of the molecule is COc1cccc(NC(=O)[C@H](C)NC(=O)C2CCN(S(=O)(=O)c3ccc(C)cc3)CC2)c1. The number of benzene rings is 2. The minimum Gasteiger partial charge on any atom is -0.497 e. The highest BCUT2D eigenvalue weighted by atomic mass is 32.2. The molecular weight excluding hydrogens is 430 g/mol. The molecule has 1 fully saturated rings. The van der Waals surface area contributed by atoms with Crippen LogP contribution in [0.3, 0.4) is 0 Å². The van der Waals surface area contributed by atoms with Gasteiger partial charge < -0.3 is 15.4 Å². The topological polar surface area (TPSA) is 105 Å². The second-order valence-electron chi connectivity index (χ2n) is 7.94. The molecule has 3 rings (SSSR count). The predicted molar refractivity (Wildman–Crippen MR) is 122 cm³/mol. The molecule has 2 N–H and O–H groups in total. The first-order valence-electron chi connectivity index (χ1n) is 10.5. The molecule has 1 aliphatic rings. The van der Waals surface area contributed by atoms with E-state index in [0.717, 1.165) is 5.56 Å². The largest absolute Gasteiger partial charge is 0.497 e. The molecule has 0 aliphatic carbocycles. The van der Waals surface area contributed by atoms with Crippen molar-refractivity contribution >= 4 is 27.5 Å². The Morgan fingerprint density at radius 1 is 1.09 bits per heavy atom. The maximum absolute atomic E-state index is 12.8. The Morgan fingerprint density at radius 3 is 2.38 bits per heavy atom. The Hall–Kier alpha value is -2.91. The third-order valence-electron chi connectivity index (χ3n) is 5.57. The molecule has 2 aromatic carbocycles. The van der Waals surface area contributed by atoms with Crippen LogP contribution < -0.4 is 15.4 Å². The molecule has 1 atom stereocenters. The molecule has 2 aromatic rings. The molecule has 32 heavy (non-hydrogen) atoms. The molecule has 0 saturated carbocycles. The Bertz CT molecular complexity index is 1060. The van der Waals surface area contributed by atoms with E-state index in [2.05, 4.69) is 10.6 Å². The van der Waals surface area contributed by atoms with Crippen LogP contribution in [0.5, 0.6) is 5.75 Å². The number of nitrogens with zero attached hydrogens (tertiary/aromatic N) is 1. The number of ether oxygens (including phenoxy) is 1. The summed E-state index contributed by atoms with van der Waals surface area (Å²) in [5.41, 5.74) is 1.56. The molecule has 0 radical (unpaired) electrons. The fraction of sp³-hybridized carbons (Fsp3) is 0.391. The smallest absolute Gasteiger partial charge is 0.246 e. The van der Waals surface area contributed by atoms with E-state index < -0.39 is 16.1 Å². The van der Waals surface area contributed by atoms with Crippen molar-refractivity contribution in [1.82, 2.24) is 9.62 Å². The van der Waals surface area contributed by atoms with E-state index in [1.165, 1.54) is 4.31 Å². The number of carbonyl (C=O) groups is 2. The van der Waals surface area contributed by atoms with Crippen LogP contribution in [0.1, 0.15) is 25.3 Å². The van der Waals surface area contributed by atoms with Gasteiger partial charge in [-0.25, -0.2) is 8.42 Å². The van der Waals surface area contributed by atoms with Gasteiger partial charge in [-0.05, 0) is 51.0 Å². The number of hydrogen-bond donors (Lipinski definition) is 2. The summed E-state index contributed by atoms with van der Waals surface area (Å²) in [7, 11) is -2.03. The first kappa shape index (κ1) is 23.7. The van der Waals surface area contributed by atoms with E-state index in [4.69, 9.17) is 4.74 Å². The van der Waals surface area contributed by atoms with Gasteiger partial charge in [0.15, 0.2) is 0 Å². The van der Waals surface area contributed by atoms with E-state index in [9.17, 15) is 18.0 Å². The standard InChI is InChI=1S/C23H29N3O5S/c1-16-7-9-21(10-8-16)32(29,30)26-13-11-18(12-14-26)23(28)24-17(2)22(27)25-19-5-4-6-20(15-19)31-3/h4-10,15,17-18H,11-14H2,1-3H3,(H,24,28)(H,25,27)/t17-/m0/s1. The van der Waals surface area contributed by atoms with Crippen LogP contribution in [0.15, 0.2) is 53.4 Å². The zero-order valence-corrected chi connectivity index (χ0v) is 19.3. The van der Waals surface area contributed by atoms with Crippen molar-refractivity contribution in [3.05, 3.63) is 54.1 Å². The number of piperidine rings is 1. The Labute approximate surface area is 189 Å². The summed E-state index contributed by atoms with van der Waals surface area (Å²) >= 11 is 0. The third-order valence-corrected chi connectivity index (χ3v) is 7.49. The van der Waals surface area contributed by atoms with Gasteiger partial charge in [0.05, 0.1) is 12.0 Å². The summed E-state index contributed by atoms with van der Waals surface area (Å²) in [6.07, 6.45) is 0.808. The number of aryl methyl sites for hydroxylation is 1. The molecule has 0 spiro atoms. The highest BCUT2D eigenvalue weighted by Crippen LogP contribution is 2.24. The Balaban J connectivity index is 1.52. The lowest BCUT2D eigenvalue weighted by Gasteiger charge is -2.31. The highest BCUT2D eigenvalue weighted by Gasteiger charge is 2.32. The molecule has 9 heteroatoms. The predicted octanol–water partition coefficient (Wildman–Crippen LogP) is 2.55. The number of anilines is 1. The second-order valence-corrected chi connectivity index (χ2v) is 9.88. The lowest BCUT2D eigenvalue weighted by molar-refractivity contribution is -0.129. The number of hydrogen-bond acceptors (Lipinski definition) is 5. The summed E-state index contributed by atoms with van der Waals surface area (Å²) < 4.78 is 32.2. The zero-order valence-electron chi connectivity index (χ0n) is 18.5. The Kier molecular flexibility index (Phi) is 7.52. The van der Waals surface area contributed by atoms with Crippen molar-refractivity contribution < 1.29 is 22.7 Å². The second kappa shape index (κ2) is 10.1. The van der Waals surface area contributed by atoms with Gasteiger partial charge in [-0.1, -0.05) is 23.8 Å². The summed E-state index contributed by atoms with van der Waals surface area (Å²) in [4.78, 5) is 25.3. The van der Waals surface area contributed by atoms with Crippen molar-refractivity contribution in [2.75, 3.05) is 25.5 Å². The van der Waals surface area contributed by atoms with Gasteiger partial charge in [0.1, 0.15) is 11.8 Å². The molecule has 1 heterocycles.